The van der Waals surface area contributed by atoms with E-state index >= 15 is 0 Å². The molecule has 0 aliphatic carbocycles. The number of anilines is 1. The molecule has 6 nitrogen and oxygen atoms in total. The third-order valence-electron chi connectivity index (χ3n) is 3.45. The molecule has 100 valence electrons. The fourth-order valence-corrected chi connectivity index (χ4v) is 3.20. The van der Waals surface area contributed by atoms with Gasteiger partial charge in [-0.3, -0.25) is 10.1 Å². The zero-order valence-corrected chi connectivity index (χ0v) is 11.3. The normalized spacial score (nSPS) is 19.8. The Hall–Kier alpha value is -1.73. The van der Waals surface area contributed by atoms with E-state index in [2.05, 4.69) is 22.1 Å². The van der Waals surface area contributed by atoms with E-state index in [1.54, 1.807) is 5.51 Å². The minimum absolute atomic E-state index is 0.132. The van der Waals surface area contributed by atoms with Crippen LogP contribution in [0.5, 0.6) is 0 Å². The van der Waals surface area contributed by atoms with Gasteiger partial charge in [-0.2, -0.15) is 0 Å². The Morgan fingerprint density at radius 2 is 2.42 bits per heavy atom. The van der Waals surface area contributed by atoms with Crippen molar-refractivity contribution in [3.05, 3.63) is 27.8 Å². The summed E-state index contributed by atoms with van der Waals surface area (Å²) in [5.74, 6) is 0. The molecule has 1 aliphatic heterocycles. The first-order valence-electron chi connectivity index (χ1n) is 6.16. The lowest BCUT2D eigenvalue weighted by atomic mass is 10.1. The van der Waals surface area contributed by atoms with Crippen LogP contribution in [0.15, 0.2) is 17.6 Å². The number of hydrogen-bond acceptors (Lipinski definition) is 6. The number of thiazole rings is 1. The van der Waals surface area contributed by atoms with Crippen molar-refractivity contribution in [1.82, 2.24) is 10.3 Å². The highest BCUT2D eigenvalue weighted by Crippen LogP contribution is 2.37. The molecule has 1 fully saturated rings. The highest BCUT2D eigenvalue weighted by Gasteiger charge is 2.28. The molecule has 3 rings (SSSR count). The van der Waals surface area contributed by atoms with Crippen LogP contribution in [0.25, 0.3) is 10.2 Å². The van der Waals surface area contributed by atoms with Crippen molar-refractivity contribution in [3.8, 4) is 0 Å². The van der Waals surface area contributed by atoms with E-state index in [1.165, 1.54) is 11.3 Å². The SMILES string of the molecule is CC1CNCCN1c1ccc2scnc2c1[N+](=O)[O-]. The molecule has 7 heteroatoms. The second-order valence-corrected chi connectivity index (χ2v) is 5.52. The Balaban J connectivity index is 2.16. The summed E-state index contributed by atoms with van der Waals surface area (Å²) < 4.78 is 0.859. The van der Waals surface area contributed by atoms with Gasteiger partial charge in [-0.25, -0.2) is 4.98 Å². The minimum Gasteiger partial charge on any atom is -0.361 e. The highest BCUT2D eigenvalue weighted by molar-refractivity contribution is 7.16. The average Bonchev–Trinajstić information content (AvgIpc) is 2.86. The monoisotopic (exact) mass is 278 g/mol. The van der Waals surface area contributed by atoms with E-state index in [4.69, 9.17) is 0 Å². The first-order chi connectivity index (χ1) is 9.18. The Morgan fingerprint density at radius 3 is 3.16 bits per heavy atom. The average molecular weight is 278 g/mol. The summed E-state index contributed by atoms with van der Waals surface area (Å²) in [6, 6.07) is 4.01. The van der Waals surface area contributed by atoms with Gasteiger partial charge >= 0.3 is 5.69 Å². The van der Waals surface area contributed by atoms with Gasteiger partial charge in [0.05, 0.1) is 15.1 Å². The van der Waals surface area contributed by atoms with E-state index in [0.717, 1.165) is 24.3 Å². The second-order valence-electron chi connectivity index (χ2n) is 4.64. The van der Waals surface area contributed by atoms with Crippen molar-refractivity contribution in [2.24, 2.45) is 0 Å². The number of piperazine rings is 1. The van der Waals surface area contributed by atoms with Crippen LogP contribution in [0.2, 0.25) is 0 Å². The van der Waals surface area contributed by atoms with Crippen molar-refractivity contribution in [2.75, 3.05) is 24.5 Å². The fourth-order valence-electron chi connectivity index (χ4n) is 2.52. The molecule has 0 amide bonds. The molecule has 19 heavy (non-hydrogen) atoms. The van der Waals surface area contributed by atoms with Crippen LogP contribution >= 0.6 is 11.3 Å². The number of aromatic nitrogens is 1. The second kappa shape index (κ2) is 4.75. The standard InChI is InChI=1S/C12H14N4O2S/c1-8-6-13-4-5-15(8)9-2-3-10-11(14-7-19-10)12(9)16(17)18/h2-3,7-8,13H,4-6H2,1H3. The first-order valence-corrected chi connectivity index (χ1v) is 7.04. The van der Waals surface area contributed by atoms with Crippen LogP contribution in [0, 0.1) is 10.1 Å². The predicted molar refractivity (Wildman–Crippen MR) is 76.0 cm³/mol. The lowest BCUT2D eigenvalue weighted by molar-refractivity contribution is -0.382. The van der Waals surface area contributed by atoms with E-state index in [1.807, 2.05) is 12.1 Å². The number of nitrogens with zero attached hydrogens (tertiary/aromatic N) is 3. The number of benzene rings is 1. The van der Waals surface area contributed by atoms with Gasteiger partial charge in [0, 0.05) is 25.7 Å². The van der Waals surface area contributed by atoms with Crippen molar-refractivity contribution < 1.29 is 4.92 Å². The fraction of sp³-hybridized carbons (Fsp3) is 0.417. The molecule has 0 radical (unpaired) electrons. The van der Waals surface area contributed by atoms with E-state index in [0.29, 0.717) is 11.2 Å². The quantitative estimate of drug-likeness (QED) is 0.672. The molecule has 1 aromatic carbocycles. The molecule has 0 bridgehead atoms. The predicted octanol–water partition coefficient (Wildman–Crippen LogP) is 2.00. The van der Waals surface area contributed by atoms with Crippen LogP contribution in [0.3, 0.4) is 0 Å². The van der Waals surface area contributed by atoms with Gasteiger partial charge < -0.3 is 10.2 Å². The van der Waals surface area contributed by atoms with Crippen LogP contribution in [0.4, 0.5) is 11.4 Å². The highest BCUT2D eigenvalue weighted by atomic mass is 32.1. The lowest BCUT2D eigenvalue weighted by Crippen LogP contribution is -2.50. The summed E-state index contributed by atoms with van der Waals surface area (Å²) in [5.41, 5.74) is 2.96. The smallest absolute Gasteiger partial charge is 0.319 e. The van der Waals surface area contributed by atoms with E-state index in [-0.39, 0.29) is 16.7 Å². The summed E-state index contributed by atoms with van der Waals surface area (Å²) in [6.45, 7) is 4.53. The zero-order valence-electron chi connectivity index (χ0n) is 10.5. The topological polar surface area (TPSA) is 71.3 Å². The maximum atomic E-state index is 11.4. The molecule has 0 saturated carbocycles. The van der Waals surface area contributed by atoms with Crippen LogP contribution in [-0.2, 0) is 0 Å². The van der Waals surface area contributed by atoms with Crippen molar-refractivity contribution in [2.45, 2.75) is 13.0 Å². The summed E-state index contributed by atoms with van der Waals surface area (Å²) in [6.07, 6.45) is 0. The van der Waals surface area contributed by atoms with Crippen LogP contribution < -0.4 is 10.2 Å². The van der Waals surface area contributed by atoms with Gasteiger partial charge in [-0.15, -0.1) is 11.3 Å². The molecule has 1 aliphatic rings. The summed E-state index contributed by atoms with van der Waals surface area (Å²) in [5, 5.41) is 14.7. The number of nitrogens with one attached hydrogen (secondary N) is 1. The Labute approximate surface area is 114 Å². The number of nitro groups is 1. The van der Waals surface area contributed by atoms with Gasteiger partial charge in [0.2, 0.25) is 0 Å². The maximum absolute atomic E-state index is 11.4. The number of fused-ring (bicyclic) bond motifs is 1. The Morgan fingerprint density at radius 1 is 1.58 bits per heavy atom. The van der Waals surface area contributed by atoms with Gasteiger partial charge in [-0.1, -0.05) is 0 Å². The summed E-state index contributed by atoms with van der Waals surface area (Å²) in [7, 11) is 0. The number of hydrogen-bond donors (Lipinski definition) is 1. The van der Waals surface area contributed by atoms with E-state index < -0.39 is 0 Å². The summed E-state index contributed by atoms with van der Waals surface area (Å²) >= 11 is 1.43. The van der Waals surface area contributed by atoms with Crippen LogP contribution in [0.1, 0.15) is 6.92 Å². The third kappa shape index (κ3) is 2.04. The van der Waals surface area contributed by atoms with Gasteiger partial charge in [0.15, 0.2) is 5.52 Å². The minimum atomic E-state index is -0.313. The van der Waals surface area contributed by atoms with Gasteiger partial charge in [0.25, 0.3) is 0 Å². The first kappa shape index (κ1) is 12.3. The van der Waals surface area contributed by atoms with Crippen LogP contribution in [-0.4, -0.2) is 35.6 Å². The largest absolute Gasteiger partial charge is 0.361 e. The lowest BCUT2D eigenvalue weighted by Gasteiger charge is -2.35. The molecule has 1 aromatic heterocycles. The Bertz CT molecular complexity index is 627. The Kier molecular flexibility index (Phi) is 3.08. The molecule has 2 heterocycles. The van der Waals surface area contributed by atoms with E-state index in [9.17, 15) is 10.1 Å². The number of rotatable bonds is 2. The summed E-state index contributed by atoms with van der Waals surface area (Å²) in [4.78, 5) is 17.3. The van der Waals surface area contributed by atoms with Crippen molar-refractivity contribution >= 4 is 32.9 Å². The third-order valence-corrected chi connectivity index (χ3v) is 4.24. The molecular formula is C12H14N4O2S. The molecule has 0 spiro atoms. The van der Waals surface area contributed by atoms with Crippen molar-refractivity contribution in [3.63, 3.8) is 0 Å². The molecule has 1 N–H and O–H groups in total. The molecule has 1 unspecified atom stereocenters. The number of nitro benzene ring substituents is 1. The van der Waals surface area contributed by atoms with Gasteiger partial charge in [0.1, 0.15) is 5.69 Å². The van der Waals surface area contributed by atoms with Crippen molar-refractivity contribution in [1.29, 1.82) is 0 Å². The maximum Gasteiger partial charge on any atom is 0.319 e. The molecular weight excluding hydrogens is 264 g/mol. The molecule has 1 atom stereocenters. The molecule has 1 saturated heterocycles. The molecule has 2 aromatic rings. The zero-order chi connectivity index (χ0) is 13.4. The van der Waals surface area contributed by atoms with Gasteiger partial charge in [-0.05, 0) is 19.1 Å².